The third-order valence-corrected chi connectivity index (χ3v) is 2.46. The fourth-order valence-electron chi connectivity index (χ4n) is 1.64. The Morgan fingerprint density at radius 2 is 2.31 bits per heavy atom. The van der Waals surface area contributed by atoms with Crippen molar-refractivity contribution in [2.24, 2.45) is 0 Å². The number of hydrogen-bond donors (Lipinski definition) is 0. The predicted octanol–water partition coefficient (Wildman–Crippen LogP) is 2.96. The summed E-state index contributed by atoms with van der Waals surface area (Å²) in [6, 6.07) is 9.94. The molecule has 0 unspecified atom stereocenters. The lowest BCUT2D eigenvalue weighted by Gasteiger charge is -2.16. The molecule has 0 aromatic heterocycles. The van der Waals surface area contributed by atoms with Crippen molar-refractivity contribution in [1.29, 1.82) is 5.26 Å². The minimum absolute atomic E-state index is 0.733. The smallest absolute Gasteiger partial charge is 0.0991 e. The number of benzene rings is 1. The molecule has 0 amide bonds. The maximum atomic E-state index is 8.79. The van der Waals surface area contributed by atoms with E-state index in [0.29, 0.717) is 0 Å². The van der Waals surface area contributed by atoms with Crippen molar-refractivity contribution in [3.63, 3.8) is 0 Å². The maximum Gasteiger partial charge on any atom is 0.0991 e. The molecule has 2 heteroatoms. The Kier molecular flexibility index (Phi) is 5.31. The first kappa shape index (κ1) is 12.5. The molecule has 1 aromatic rings. The van der Waals surface area contributed by atoms with Gasteiger partial charge in [-0.25, -0.2) is 0 Å². The zero-order valence-corrected chi connectivity index (χ0v) is 9.82. The number of unbranched alkanes of at least 4 members (excludes halogenated alkanes) is 1. The van der Waals surface area contributed by atoms with Crippen LogP contribution in [0.3, 0.4) is 0 Å². The average Bonchev–Trinajstić information content (AvgIpc) is 2.29. The van der Waals surface area contributed by atoms with Gasteiger partial charge in [0.1, 0.15) is 0 Å². The van der Waals surface area contributed by atoms with Crippen LogP contribution in [0.25, 0.3) is 0 Å². The summed E-state index contributed by atoms with van der Waals surface area (Å²) in [5.41, 5.74) is 1.93. The van der Waals surface area contributed by atoms with Gasteiger partial charge in [0.25, 0.3) is 0 Å². The van der Waals surface area contributed by atoms with Gasteiger partial charge in [-0.3, -0.25) is 0 Å². The number of hydrogen-bond acceptors (Lipinski definition) is 2. The summed E-state index contributed by atoms with van der Waals surface area (Å²) >= 11 is 0. The van der Waals surface area contributed by atoms with Crippen LogP contribution in [-0.4, -0.2) is 18.5 Å². The van der Waals surface area contributed by atoms with Gasteiger partial charge in [0, 0.05) is 6.54 Å². The van der Waals surface area contributed by atoms with E-state index in [9.17, 15) is 0 Å². The van der Waals surface area contributed by atoms with Crippen molar-refractivity contribution in [2.75, 3.05) is 13.6 Å². The van der Waals surface area contributed by atoms with Crippen LogP contribution in [0.4, 0.5) is 0 Å². The van der Waals surface area contributed by atoms with Gasteiger partial charge in [-0.1, -0.05) is 18.2 Å². The Labute approximate surface area is 97.8 Å². The molecule has 0 N–H and O–H groups in total. The SMILES string of the molecule is C=CCCCN(C)Cc1cccc(C#N)c1. The largest absolute Gasteiger partial charge is 0.302 e. The second kappa shape index (κ2) is 6.81. The monoisotopic (exact) mass is 214 g/mol. The van der Waals surface area contributed by atoms with E-state index in [4.69, 9.17) is 5.26 Å². The minimum atomic E-state index is 0.733. The first-order valence-corrected chi connectivity index (χ1v) is 5.54. The van der Waals surface area contributed by atoms with Crippen LogP contribution in [0.2, 0.25) is 0 Å². The molecule has 0 saturated heterocycles. The van der Waals surface area contributed by atoms with E-state index in [1.54, 1.807) is 0 Å². The van der Waals surface area contributed by atoms with Crippen LogP contribution in [-0.2, 0) is 6.54 Å². The van der Waals surface area contributed by atoms with Gasteiger partial charge in [0.05, 0.1) is 11.6 Å². The quantitative estimate of drug-likeness (QED) is 0.537. The highest BCUT2D eigenvalue weighted by atomic mass is 15.1. The Bertz CT molecular complexity index is 377. The van der Waals surface area contributed by atoms with Crippen LogP contribution in [0, 0.1) is 11.3 Å². The van der Waals surface area contributed by atoms with Crippen LogP contribution in [0.15, 0.2) is 36.9 Å². The molecular formula is C14H18N2. The summed E-state index contributed by atoms with van der Waals surface area (Å²) < 4.78 is 0. The predicted molar refractivity (Wildman–Crippen MR) is 66.9 cm³/mol. The molecule has 0 fully saturated rings. The van der Waals surface area contributed by atoms with Crippen LogP contribution < -0.4 is 0 Å². The summed E-state index contributed by atoms with van der Waals surface area (Å²) in [6.45, 7) is 5.66. The summed E-state index contributed by atoms with van der Waals surface area (Å²) in [7, 11) is 2.10. The molecule has 0 radical (unpaired) electrons. The Hall–Kier alpha value is -1.59. The highest BCUT2D eigenvalue weighted by molar-refractivity contribution is 5.32. The fourth-order valence-corrected chi connectivity index (χ4v) is 1.64. The van der Waals surface area contributed by atoms with Gasteiger partial charge >= 0.3 is 0 Å². The molecule has 0 heterocycles. The van der Waals surface area contributed by atoms with Crippen LogP contribution >= 0.6 is 0 Å². The standard InChI is InChI=1S/C14H18N2/c1-3-4-5-9-16(2)12-14-8-6-7-13(10-14)11-15/h3,6-8,10H,1,4-5,9,12H2,2H3. The highest BCUT2D eigenvalue weighted by Crippen LogP contribution is 2.07. The first-order chi connectivity index (χ1) is 7.76. The molecule has 0 aliphatic carbocycles. The summed E-state index contributed by atoms with van der Waals surface area (Å²) in [5.74, 6) is 0. The first-order valence-electron chi connectivity index (χ1n) is 5.54. The van der Waals surface area contributed by atoms with E-state index in [2.05, 4.69) is 30.7 Å². The molecule has 0 saturated carbocycles. The normalized spacial score (nSPS) is 10.1. The molecule has 16 heavy (non-hydrogen) atoms. The molecule has 84 valence electrons. The minimum Gasteiger partial charge on any atom is -0.302 e. The van der Waals surface area contributed by atoms with Crippen molar-refractivity contribution in [2.45, 2.75) is 19.4 Å². The van der Waals surface area contributed by atoms with E-state index in [0.717, 1.165) is 31.5 Å². The topological polar surface area (TPSA) is 27.0 Å². The van der Waals surface area contributed by atoms with Crippen molar-refractivity contribution in [1.82, 2.24) is 4.90 Å². The summed E-state index contributed by atoms with van der Waals surface area (Å²) in [5, 5.41) is 8.79. The Balaban J connectivity index is 2.46. The summed E-state index contributed by atoms with van der Waals surface area (Å²) in [6.07, 6.45) is 4.14. The van der Waals surface area contributed by atoms with Gasteiger partial charge in [-0.15, -0.1) is 6.58 Å². The molecule has 0 bridgehead atoms. The van der Waals surface area contributed by atoms with Crippen molar-refractivity contribution in [3.8, 4) is 6.07 Å². The third-order valence-electron chi connectivity index (χ3n) is 2.46. The Morgan fingerprint density at radius 3 is 3.00 bits per heavy atom. The van der Waals surface area contributed by atoms with Crippen molar-refractivity contribution >= 4 is 0 Å². The lowest BCUT2D eigenvalue weighted by Crippen LogP contribution is -2.18. The zero-order chi connectivity index (χ0) is 11.8. The lowest BCUT2D eigenvalue weighted by molar-refractivity contribution is 0.323. The van der Waals surface area contributed by atoms with E-state index in [-0.39, 0.29) is 0 Å². The van der Waals surface area contributed by atoms with Crippen LogP contribution in [0.1, 0.15) is 24.0 Å². The van der Waals surface area contributed by atoms with E-state index in [1.807, 2.05) is 24.3 Å². The lowest BCUT2D eigenvalue weighted by atomic mass is 10.1. The number of allylic oxidation sites excluding steroid dienone is 1. The molecule has 0 atom stereocenters. The van der Waals surface area contributed by atoms with Gasteiger partial charge in [-0.05, 0) is 44.1 Å². The number of rotatable bonds is 6. The van der Waals surface area contributed by atoms with E-state index >= 15 is 0 Å². The second-order valence-electron chi connectivity index (χ2n) is 3.98. The molecule has 0 spiro atoms. The third kappa shape index (κ3) is 4.29. The molecule has 1 aromatic carbocycles. The van der Waals surface area contributed by atoms with Crippen molar-refractivity contribution < 1.29 is 0 Å². The number of nitrogens with zero attached hydrogens (tertiary/aromatic N) is 2. The van der Waals surface area contributed by atoms with Gasteiger partial charge in [0.15, 0.2) is 0 Å². The average molecular weight is 214 g/mol. The van der Waals surface area contributed by atoms with Crippen LogP contribution in [0.5, 0.6) is 0 Å². The fraction of sp³-hybridized carbons (Fsp3) is 0.357. The van der Waals surface area contributed by atoms with Crippen molar-refractivity contribution in [3.05, 3.63) is 48.0 Å². The number of nitriles is 1. The summed E-state index contributed by atoms with van der Waals surface area (Å²) in [4.78, 5) is 2.26. The Morgan fingerprint density at radius 1 is 1.50 bits per heavy atom. The molecule has 0 aliphatic heterocycles. The molecule has 2 nitrogen and oxygen atoms in total. The highest BCUT2D eigenvalue weighted by Gasteiger charge is 2.00. The van der Waals surface area contributed by atoms with Gasteiger partial charge in [0.2, 0.25) is 0 Å². The van der Waals surface area contributed by atoms with E-state index in [1.165, 1.54) is 5.56 Å². The maximum absolute atomic E-state index is 8.79. The van der Waals surface area contributed by atoms with Gasteiger partial charge in [-0.2, -0.15) is 5.26 Å². The molecular weight excluding hydrogens is 196 g/mol. The molecule has 1 rings (SSSR count). The van der Waals surface area contributed by atoms with Gasteiger partial charge < -0.3 is 4.90 Å². The molecule has 0 aliphatic rings. The second-order valence-corrected chi connectivity index (χ2v) is 3.98. The van der Waals surface area contributed by atoms with E-state index < -0.39 is 0 Å². The zero-order valence-electron chi connectivity index (χ0n) is 9.82.